The van der Waals surface area contributed by atoms with Gasteiger partial charge >= 0.3 is 12.4 Å². The second-order valence-electron chi connectivity index (χ2n) is 8.83. The maximum atomic E-state index is 13.8. The molecule has 1 aliphatic rings. The lowest BCUT2D eigenvalue weighted by Gasteiger charge is -2.37. The van der Waals surface area contributed by atoms with Crippen molar-refractivity contribution in [3.05, 3.63) is 119 Å². The van der Waals surface area contributed by atoms with Gasteiger partial charge < -0.3 is 15.3 Å². The quantitative estimate of drug-likeness (QED) is 0.232. The first-order valence-electron chi connectivity index (χ1n) is 11.0. The van der Waals surface area contributed by atoms with E-state index in [9.17, 15) is 41.7 Å². The Hall–Kier alpha value is -3.98. The highest BCUT2D eigenvalue weighted by molar-refractivity contribution is 5.86. The van der Waals surface area contributed by atoms with E-state index in [1.54, 1.807) is 48.5 Å². The van der Waals surface area contributed by atoms with E-state index >= 15 is 0 Å². The monoisotopic (exact) mass is 516 g/mol. The number of hydrogen-bond acceptors (Lipinski definition) is 3. The summed E-state index contributed by atoms with van der Waals surface area (Å²) in [5.74, 6) is -1.45. The number of fused-ring (bicyclic) bond motifs is 3. The van der Waals surface area contributed by atoms with Crippen molar-refractivity contribution in [3.8, 4) is 22.6 Å². The number of aromatic hydroxyl groups is 2. The zero-order valence-electron chi connectivity index (χ0n) is 18.8. The van der Waals surface area contributed by atoms with Gasteiger partial charge in [0.2, 0.25) is 0 Å². The molecule has 0 saturated heterocycles. The van der Waals surface area contributed by atoms with Gasteiger partial charge in [0.15, 0.2) is 0 Å². The molecule has 0 spiro atoms. The molecule has 0 radical (unpaired) electrons. The van der Waals surface area contributed by atoms with E-state index < -0.39 is 34.7 Å². The van der Waals surface area contributed by atoms with Gasteiger partial charge in [0.25, 0.3) is 5.60 Å². The fourth-order valence-corrected chi connectivity index (χ4v) is 5.26. The summed E-state index contributed by atoms with van der Waals surface area (Å²) in [4.78, 5) is 0. The lowest BCUT2D eigenvalue weighted by atomic mass is 9.67. The number of alkyl halides is 6. The van der Waals surface area contributed by atoms with Crippen LogP contribution in [0.25, 0.3) is 11.1 Å². The van der Waals surface area contributed by atoms with E-state index in [-0.39, 0.29) is 11.3 Å². The summed E-state index contributed by atoms with van der Waals surface area (Å²) in [5, 5.41) is 30.3. The molecule has 190 valence electrons. The van der Waals surface area contributed by atoms with Crippen LogP contribution in [-0.2, 0) is 11.0 Å². The topological polar surface area (TPSA) is 60.7 Å². The van der Waals surface area contributed by atoms with Gasteiger partial charge in [0, 0.05) is 5.56 Å². The SMILES string of the molecule is Oc1ccc(C2(c3ccc(O)c(C(O)(C(F)(F)F)C(F)(F)F)c3)c3ccccc3-c3ccccc32)cc1. The van der Waals surface area contributed by atoms with Crippen molar-refractivity contribution >= 4 is 0 Å². The van der Waals surface area contributed by atoms with Crippen molar-refractivity contribution in [2.45, 2.75) is 23.4 Å². The van der Waals surface area contributed by atoms with Gasteiger partial charge in [-0.1, -0.05) is 66.7 Å². The van der Waals surface area contributed by atoms with Crippen LogP contribution >= 0.6 is 0 Å². The molecule has 0 aliphatic heterocycles. The molecule has 5 rings (SSSR count). The molecule has 4 aromatic carbocycles. The summed E-state index contributed by atoms with van der Waals surface area (Å²) in [5.41, 5.74) is -5.52. The Bertz CT molecular complexity index is 1430. The Balaban J connectivity index is 1.92. The smallest absolute Gasteiger partial charge is 0.430 e. The summed E-state index contributed by atoms with van der Waals surface area (Å²) in [6, 6.07) is 22.2. The zero-order valence-corrected chi connectivity index (χ0v) is 18.8. The zero-order chi connectivity index (χ0) is 26.8. The van der Waals surface area contributed by atoms with Crippen LogP contribution in [0.2, 0.25) is 0 Å². The Labute approximate surface area is 206 Å². The first kappa shape index (κ1) is 24.7. The van der Waals surface area contributed by atoms with E-state index in [4.69, 9.17) is 0 Å². The third-order valence-electron chi connectivity index (χ3n) is 6.89. The van der Waals surface area contributed by atoms with Crippen molar-refractivity contribution in [3.63, 3.8) is 0 Å². The summed E-state index contributed by atoms with van der Waals surface area (Å²) >= 11 is 0. The molecule has 0 unspecified atom stereocenters. The van der Waals surface area contributed by atoms with Gasteiger partial charge in [-0.25, -0.2) is 0 Å². The summed E-state index contributed by atoms with van der Waals surface area (Å²) in [6.07, 6.45) is -12.4. The molecule has 0 bridgehead atoms. The van der Waals surface area contributed by atoms with Crippen LogP contribution in [0, 0.1) is 0 Å². The van der Waals surface area contributed by atoms with Crippen molar-refractivity contribution in [1.29, 1.82) is 0 Å². The molecular formula is C28H18F6O3. The van der Waals surface area contributed by atoms with Crippen LogP contribution in [0.5, 0.6) is 11.5 Å². The van der Waals surface area contributed by atoms with E-state index in [1.807, 2.05) is 0 Å². The maximum Gasteiger partial charge on any atom is 0.430 e. The molecule has 37 heavy (non-hydrogen) atoms. The van der Waals surface area contributed by atoms with Crippen LogP contribution in [0.4, 0.5) is 26.3 Å². The molecule has 9 heteroatoms. The Morgan fingerprint density at radius 1 is 0.568 bits per heavy atom. The Morgan fingerprint density at radius 2 is 1.03 bits per heavy atom. The molecule has 3 nitrogen and oxygen atoms in total. The Morgan fingerprint density at radius 3 is 1.51 bits per heavy atom. The second-order valence-corrected chi connectivity index (χ2v) is 8.83. The molecular weight excluding hydrogens is 498 g/mol. The number of halogens is 6. The number of hydrogen-bond donors (Lipinski definition) is 3. The van der Waals surface area contributed by atoms with Gasteiger partial charge in [-0.3, -0.25) is 0 Å². The second kappa shape index (κ2) is 8.01. The van der Waals surface area contributed by atoms with Crippen LogP contribution in [0.15, 0.2) is 91.0 Å². The summed E-state index contributed by atoms with van der Waals surface area (Å²) in [7, 11) is 0. The minimum Gasteiger partial charge on any atom is -0.508 e. The molecule has 0 heterocycles. The van der Waals surface area contributed by atoms with E-state index in [0.29, 0.717) is 33.9 Å². The minimum absolute atomic E-state index is 0.0460. The third-order valence-corrected chi connectivity index (χ3v) is 6.89. The lowest BCUT2D eigenvalue weighted by Crippen LogP contribution is -2.54. The van der Waals surface area contributed by atoms with Gasteiger partial charge in [-0.05, 0) is 57.6 Å². The van der Waals surface area contributed by atoms with E-state index in [2.05, 4.69) is 0 Å². The highest BCUT2D eigenvalue weighted by atomic mass is 19.4. The van der Waals surface area contributed by atoms with Crippen LogP contribution in [0.3, 0.4) is 0 Å². The van der Waals surface area contributed by atoms with Gasteiger partial charge in [-0.15, -0.1) is 0 Å². The van der Waals surface area contributed by atoms with Crippen LogP contribution < -0.4 is 0 Å². The predicted molar refractivity (Wildman–Crippen MR) is 123 cm³/mol. The van der Waals surface area contributed by atoms with E-state index in [0.717, 1.165) is 6.07 Å². The van der Waals surface area contributed by atoms with Gasteiger partial charge in [-0.2, -0.15) is 26.3 Å². The van der Waals surface area contributed by atoms with Gasteiger partial charge in [0.1, 0.15) is 11.5 Å². The molecule has 3 N–H and O–H groups in total. The molecule has 4 aromatic rings. The summed E-state index contributed by atoms with van der Waals surface area (Å²) in [6.45, 7) is 0. The predicted octanol–water partition coefficient (Wildman–Crippen LogP) is 6.77. The van der Waals surface area contributed by atoms with Crippen LogP contribution in [-0.4, -0.2) is 27.7 Å². The standard InChI is InChI=1S/C28H18F6O3/c29-27(30,31)26(37,28(32,33)34)23-15-17(11-14-24(23)36)25(16-9-12-18(35)13-10-16)21-7-3-1-5-19(21)20-6-2-4-8-22(20)25/h1-15,35-37H. The molecule has 1 aliphatic carbocycles. The molecule has 0 fully saturated rings. The number of rotatable bonds is 3. The van der Waals surface area contributed by atoms with Crippen LogP contribution in [0.1, 0.15) is 27.8 Å². The highest BCUT2D eigenvalue weighted by Gasteiger charge is 2.72. The fraction of sp³-hybridized carbons (Fsp3) is 0.143. The Kier molecular flexibility index (Phi) is 5.35. The van der Waals surface area contributed by atoms with Crippen molar-refractivity contribution in [2.24, 2.45) is 0 Å². The average molecular weight is 516 g/mol. The average Bonchev–Trinajstić information content (AvgIpc) is 3.14. The lowest BCUT2D eigenvalue weighted by molar-refractivity contribution is -0.376. The minimum atomic E-state index is -6.18. The molecule has 0 amide bonds. The largest absolute Gasteiger partial charge is 0.508 e. The first-order valence-corrected chi connectivity index (χ1v) is 11.0. The number of aliphatic hydroxyl groups is 1. The molecule has 0 aromatic heterocycles. The number of benzene rings is 4. The van der Waals surface area contributed by atoms with Gasteiger partial charge in [0.05, 0.1) is 5.41 Å². The third kappa shape index (κ3) is 3.33. The van der Waals surface area contributed by atoms with Crippen molar-refractivity contribution < 1.29 is 41.7 Å². The number of phenols is 2. The van der Waals surface area contributed by atoms with Crippen molar-refractivity contribution in [1.82, 2.24) is 0 Å². The number of phenolic OH excluding ortho intramolecular Hbond substituents is 2. The fourth-order valence-electron chi connectivity index (χ4n) is 5.26. The summed E-state index contributed by atoms with van der Waals surface area (Å²) < 4.78 is 82.8. The van der Waals surface area contributed by atoms with E-state index in [1.165, 1.54) is 30.3 Å². The maximum absolute atomic E-state index is 13.8. The van der Waals surface area contributed by atoms with Crippen molar-refractivity contribution in [2.75, 3.05) is 0 Å². The first-order chi connectivity index (χ1) is 17.3. The molecule has 0 saturated carbocycles. The highest BCUT2D eigenvalue weighted by Crippen LogP contribution is 2.58. The normalized spacial score (nSPS) is 14.8. The molecule has 0 atom stereocenters.